The molecule has 4 heteroatoms. The minimum atomic E-state index is -0.500. The van der Waals surface area contributed by atoms with Crippen LogP contribution in [0.15, 0.2) is 48.5 Å². The summed E-state index contributed by atoms with van der Waals surface area (Å²) >= 11 is 2.14. The Balaban J connectivity index is 2.13. The number of carbonyl (C=O) groups excluding carboxylic acids is 1. The lowest BCUT2D eigenvalue weighted by Gasteiger charge is -2.09. The fourth-order valence-electron chi connectivity index (χ4n) is 1.69. The molecule has 2 rings (SSSR count). The number of halogens is 1. The molecule has 0 heterocycles. The molecule has 1 atom stereocenters. The van der Waals surface area contributed by atoms with Crippen molar-refractivity contribution in [2.45, 2.75) is 13.0 Å². The molecule has 98 valence electrons. The number of rotatable bonds is 3. The van der Waals surface area contributed by atoms with Gasteiger partial charge in [0.15, 0.2) is 0 Å². The zero-order valence-corrected chi connectivity index (χ0v) is 12.6. The highest BCUT2D eigenvalue weighted by atomic mass is 127. The highest BCUT2D eigenvalue weighted by molar-refractivity contribution is 14.1. The van der Waals surface area contributed by atoms with Gasteiger partial charge in [0.05, 0.1) is 11.7 Å². The number of aliphatic hydroxyl groups is 1. The quantitative estimate of drug-likeness (QED) is 0.815. The van der Waals surface area contributed by atoms with Crippen molar-refractivity contribution in [3.63, 3.8) is 0 Å². The van der Waals surface area contributed by atoms with E-state index < -0.39 is 6.10 Å². The molecule has 0 saturated carbocycles. The van der Waals surface area contributed by atoms with Gasteiger partial charge in [0.1, 0.15) is 0 Å². The molecule has 2 aromatic rings. The molecule has 2 aromatic carbocycles. The molecule has 2 N–H and O–H groups in total. The topological polar surface area (TPSA) is 49.3 Å². The van der Waals surface area contributed by atoms with Crippen LogP contribution >= 0.6 is 22.6 Å². The summed E-state index contributed by atoms with van der Waals surface area (Å²) in [5.74, 6) is -0.130. The first-order chi connectivity index (χ1) is 9.08. The average molecular weight is 367 g/mol. The molecule has 0 spiro atoms. The van der Waals surface area contributed by atoms with E-state index in [9.17, 15) is 9.90 Å². The third-order valence-corrected chi connectivity index (χ3v) is 3.71. The molecule has 0 aliphatic rings. The largest absolute Gasteiger partial charge is 0.389 e. The van der Waals surface area contributed by atoms with E-state index in [4.69, 9.17) is 0 Å². The first-order valence-corrected chi connectivity index (χ1v) is 6.99. The van der Waals surface area contributed by atoms with Crippen molar-refractivity contribution in [2.75, 3.05) is 5.32 Å². The Hall–Kier alpha value is -1.40. The lowest BCUT2D eigenvalue weighted by atomic mass is 10.1. The van der Waals surface area contributed by atoms with E-state index in [1.165, 1.54) is 0 Å². The predicted molar refractivity (Wildman–Crippen MR) is 84.2 cm³/mol. The number of hydrogen-bond donors (Lipinski definition) is 2. The van der Waals surface area contributed by atoms with E-state index in [0.29, 0.717) is 11.3 Å². The van der Waals surface area contributed by atoms with E-state index in [2.05, 4.69) is 27.9 Å². The van der Waals surface area contributed by atoms with Crippen LogP contribution in [0.2, 0.25) is 0 Å². The minimum absolute atomic E-state index is 0.130. The van der Waals surface area contributed by atoms with Gasteiger partial charge in [-0.05, 0) is 59.3 Å². The van der Waals surface area contributed by atoms with Gasteiger partial charge in [0.25, 0.3) is 5.91 Å². The molecule has 0 fully saturated rings. The fourth-order valence-corrected chi connectivity index (χ4v) is 2.32. The summed E-state index contributed by atoms with van der Waals surface area (Å²) < 4.78 is 0.915. The third-order valence-electron chi connectivity index (χ3n) is 2.77. The van der Waals surface area contributed by atoms with Crippen LogP contribution < -0.4 is 5.32 Å². The molecule has 1 unspecified atom stereocenters. The highest BCUT2D eigenvalue weighted by Crippen LogP contribution is 2.17. The standard InChI is InChI=1S/C15H14INO2/c1-10(18)11-6-8-12(9-7-11)17-15(19)13-4-2-3-5-14(13)16/h2-10,18H,1H3,(H,17,19). The second-order valence-electron chi connectivity index (χ2n) is 4.23. The molecular formula is C15H14INO2. The molecule has 1 amide bonds. The van der Waals surface area contributed by atoms with Crippen LogP contribution in [0.1, 0.15) is 28.9 Å². The van der Waals surface area contributed by atoms with Gasteiger partial charge in [-0.15, -0.1) is 0 Å². The number of aliphatic hydroxyl groups excluding tert-OH is 1. The second kappa shape index (κ2) is 6.16. The van der Waals surface area contributed by atoms with Crippen LogP contribution in [0.3, 0.4) is 0 Å². The van der Waals surface area contributed by atoms with Gasteiger partial charge in [0, 0.05) is 9.26 Å². The SMILES string of the molecule is CC(O)c1ccc(NC(=O)c2ccccc2I)cc1. The molecule has 0 aromatic heterocycles. The predicted octanol–water partition coefficient (Wildman–Crippen LogP) is 3.60. The maximum atomic E-state index is 12.1. The van der Waals surface area contributed by atoms with Crippen LogP contribution in [-0.2, 0) is 0 Å². The maximum Gasteiger partial charge on any atom is 0.256 e. The van der Waals surface area contributed by atoms with Crippen molar-refractivity contribution in [3.05, 3.63) is 63.2 Å². The normalized spacial score (nSPS) is 11.9. The second-order valence-corrected chi connectivity index (χ2v) is 5.39. The van der Waals surface area contributed by atoms with E-state index in [1.807, 2.05) is 18.2 Å². The summed E-state index contributed by atoms with van der Waals surface area (Å²) in [6, 6.07) is 14.6. The summed E-state index contributed by atoms with van der Waals surface area (Å²) in [6.07, 6.45) is -0.500. The third kappa shape index (κ3) is 3.54. The van der Waals surface area contributed by atoms with Crippen LogP contribution in [0.4, 0.5) is 5.69 Å². The van der Waals surface area contributed by atoms with E-state index >= 15 is 0 Å². The maximum absolute atomic E-state index is 12.1. The molecule has 0 radical (unpaired) electrons. The van der Waals surface area contributed by atoms with Gasteiger partial charge in [-0.2, -0.15) is 0 Å². The van der Waals surface area contributed by atoms with Gasteiger partial charge in [-0.25, -0.2) is 0 Å². The summed E-state index contributed by atoms with van der Waals surface area (Å²) in [6.45, 7) is 1.71. The fraction of sp³-hybridized carbons (Fsp3) is 0.133. The first-order valence-electron chi connectivity index (χ1n) is 5.92. The number of anilines is 1. The van der Waals surface area contributed by atoms with Crippen molar-refractivity contribution >= 4 is 34.2 Å². The van der Waals surface area contributed by atoms with E-state index in [1.54, 1.807) is 37.3 Å². The van der Waals surface area contributed by atoms with Gasteiger partial charge in [-0.1, -0.05) is 24.3 Å². The van der Waals surface area contributed by atoms with Crippen LogP contribution in [0, 0.1) is 3.57 Å². The van der Waals surface area contributed by atoms with Crippen molar-refractivity contribution in [1.29, 1.82) is 0 Å². The number of benzene rings is 2. The Morgan fingerprint density at radius 3 is 2.37 bits per heavy atom. The summed E-state index contributed by atoms with van der Waals surface area (Å²) in [4.78, 5) is 12.1. The smallest absolute Gasteiger partial charge is 0.256 e. The van der Waals surface area contributed by atoms with Gasteiger partial charge >= 0.3 is 0 Å². The van der Waals surface area contributed by atoms with Crippen molar-refractivity contribution in [2.24, 2.45) is 0 Å². The number of amides is 1. The molecule has 0 aliphatic carbocycles. The molecule has 3 nitrogen and oxygen atoms in total. The summed E-state index contributed by atoms with van der Waals surface area (Å²) in [7, 11) is 0. The van der Waals surface area contributed by atoms with Crippen molar-refractivity contribution < 1.29 is 9.90 Å². The van der Waals surface area contributed by atoms with E-state index in [0.717, 1.165) is 9.13 Å². The van der Waals surface area contributed by atoms with Crippen molar-refractivity contribution in [3.8, 4) is 0 Å². The van der Waals surface area contributed by atoms with E-state index in [-0.39, 0.29) is 5.91 Å². The number of hydrogen-bond acceptors (Lipinski definition) is 2. The first kappa shape index (κ1) is 14.0. The highest BCUT2D eigenvalue weighted by Gasteiger charge is 2.09. The lowest BCUT2D eigenvalue weighted by molar-refractivity contribution is 0.102. The Kier molecular flexibility index (Phi) is 4.55. The molecule has 19 heavy (non-hydrogen) atoms. The molecule has 0 aliphatic heterocycles. The number of carbonyl (C=O) groups is 1. The Morgan fingerprint density at radius 2 is 1.79 bits per heavy atom. The summed E-state index contributed by atoms with van der Waals surface area (Å²) in [5, 5.41) is 12.3. The molecule has 0 saturated heterocycles. The van der Waals surface area contributed by atoms with Crippen LogP contribution in [-0.4, -0.2) is 11.0 Å². The Labute approximate surface area is 125 Å². The van der Waals surface area contributed by atoms with Gasteiger partial charge < -0.3 is 10.4 Å². The Bertz CT molecular complexity index is 579. The van der Waals surface area contributed by atoms with Gasteiger partial charge in [-0.3, -0.25) is 4.79 Å². The summed E-state index contributed by atoms with van der Waals surface area (Å²) in [5.41, 5.74) is 2.20. The molecular weight excluding hydrogens is 353 g/mol. The number of nitrogens with one attached hydrogen (secondary N) is 1. The van der Waals surface area contributed by atoms with Gasteiger partial charge in [0.2, 0.25) is 0 Å². The zero-order chi connectivity index (χ0) is 13.8. The van der Waals surface area contributed by atoms with Crippen molar-refractivity contribution in [1.82, 2.24) is 0 Å². The zero-order valence-electron chi connectivity index (χ0n) is 10.4. The van der Waals surface area contributed by atoms with Crippen LogP contribution in [0.5, 0.6) is 0 Å². The lowest BCUT2D eigenvalue weighted by Crippen LogP contribution is -2.13. The van der Waals surface area contributed by atoms with Crippen LogP contribution in [0.25, 0.3) is 0 Å². The average Bonchev–Trinajstić information content (AvgIpc) is 2.39. The Morgan fingerprint density at radius 1 is 1.16 bits per heavy atom. The minimum Gasteiger partial charge on any atom is -0.389 e. The monoisotopic (exact) mass is 367 g/mol. The molecule has 0 bridgehead atoms.